The van der Waals surface area contributed by atoms with E-state index in [-0.39, 0.29) is 44.6 Å². The van der Waals surface area contributed by atoms with E-state index in [1.165, 1.54) is 24.4 Å². The first-order valence-corrected chi connectivity index (χ1v) is 10.1. The van der Waals surface area contributed by atoms with E-state index in [1.807, 2.05) is 0 Å². The Morgan fingerprint density at radius 3 is 2.49 bits per heavy atom. The molecular weight excluding hydrogens is 502 g/mol. The molecule has 9 nitrogen and oxygen atoms in total. The van der Waals surface area contributed by atoms with Crippen LogP contribution in [0, 0.1) is 5.82 Å². The molecule has 0 radical (unpaired) electrons. The van der Waals surface area contributed by atoms with Crippen molar-refractivity contribution >= 4 is 17.6 Å². The number of pyridine rings is 1. The van der Waals surface area contributed by atoms with Gasteiger partial charge in [-0.15, -0.1) is 0 Å². The van der Waals surface area contributed by atoms with Gasteiger partial charge in [0.2, 0.25) is 0 Å². The molecule has 0 spiro atoms. The smallest absolute Gasteiger partial charge is 0.431 e. The number of halogens is 5. The van der Waals surface area contributed by atoms with Crippen LogP contribution in [0.2, 0.25) is 5.02 Å². The lowest BCUT2D eigenvalue weighted by atomic mass is 10.1. The van der Waals surface area contributed by atoms with Crippen LogP contribution in [0.1, 0.15) is 25.1 Å². The van der Waals surface area contributed by atoms with Crippen molar-refractivity contribution in [2.24, 2.45) is 7.05 Å². The fourth-order valence-corrected chi connectivity index (χ4v) is 3.27. The average molecular weight is 518 g/mol. The van der Waals surface area contributed by atoms with Gasteiger partial charge in [0, 0.05) is 26.2 Å². The molecule has 0 amide bonds. The third-order valence-corrected chi connectivity index (χ3v) is 4.99. The Balaban J connectivity index is 2.23. The van der Waals surface area contributed by atoms with Crippen LogP contribution in [0.4, 0.5) is 17.6 Å². The van der Waals surface area contributed by atoms with E-state index in [2.05, 4.69) is 9.87 Å². The maximum atomic E-state index is 15.3. The standard InChI is InChI=1S/C21H16ClF4N3O6/c1-4-11-8-13(33-12-6-5-7-27-19(12)35-34-10(2)30)16(22)18(17(11)23)29-15(31)9-14(21(24,25)26)28(3)20(29)32/h5-9H,4H2,1-3H3. The normalized spacial score (nSPS) is 11.3. The largest absolute Gasteiger partial charge is 0.450 e. The molecule has 14 heteroatoms. The summed E-state index contributed by atoms with van der Waals surface area (Å²) >= 11 is 6.29. The summed E-state index contributed by atoms with van der Waals surface area (Å²) in [5.74, 6) is -2.65. The van der Waals surface area contributed by atoms with Crippen LogP contribution < -0.4 is 20.9 Å². The van der Waals surface area contributed by atoms with Crippen LogP contribution in [0.5, 0.6) is 17.4 Å². The topological polar surface area (TPSA) is 102 Å². The number of nitrogens with zero attached hydrogens (tertiary/aromatic N) is 3. The molecule has 0 aliphatic carbocycles. The van der Waals surface area contributed by atoms with Crippen LogP contribution >= 0.6 is 11.6 Å². The Morgan fingerprint density at radius 1 is 1.20 bits per heavy atom. The van der Waals surface area contributed by atoms with Crippen LogP contribution in [0.3, 0.4) is 0 Å². The van der Waals surface area contributed by atoms with Crippen molar-refractivity contribution in [3.8, 4) is 23.1 Å². The second-order valence-corrected chi connectivity index (χ2v) is 7.35. The first-order chi connectivity index (χ1) is 16.4. The number of rotatable bonds is 6. The van der Waals surface area contributed by atoms with Gasteiger partial charge in [0.1, 0.15) is 22.2 Å². The van der Waals surface area contributed by atoms with E-state index >= 15 is 4.39 Å². The highest BCUT2D eigenvalue weighted by atomic mass is 35.5. The van der Waals surface area contributed by atoms with Gasteiger partial charge in [0.05, 0.1) is 0 Å². The SMILES string of the molecule is CCc1cc(Oc2cccnc2OOC(C)=O)c(Cl)c(-n2c(=O)cc(C(F)(F)F)n(C)c2=O)c1F. The van der Waals surface area contributed by atoms with E-state index in [0.717, 1.165) is 14.0 Å². The Bertz CT molecular complexity index is 1420. The molecular formula is C21H16ClF4N3O6. The van der Waals surface area contributed by atoms with E-state index in [0.29, 0.717) is 0 Å². The van der Waals surface area contributed by atoms with Gasteiger partial charge >= 0.3 is 23.7 Å². The summed E-state index contributed by atoms with van der Waals surface area (Å²) in [5.41, 5.74) is -5.33. The van der Waals surface area contributed by atoms with Crippen molar-refractivity contribution in [3.63, 3.8) is 0 Å². The highest BCUT2D eigenvalue weighted by molar-refractivity contribution is 6.34. The van der Waals surface area contributed by atoms with Crippen LogP contribution in [-0.4, -0.2) is 20.1 Å². The van der Waals surface area contributed by atoms with Crippen molar-refractivity contribution in [3.05, 3.63) is 73.4 Å². The van der Waals surface area contributed by atoms with Gasteiger partial charge in [-0.2, -0.15) is 13.2 Å². The molecule has 35 heavy (non-hydrogen) atoms. The number of aryl methyl sites for hydroxylation is 1. The Kier molecular flexibility index (Phi) is 7.19. The number of aromatic nitrogens is 3. The summed E-state index contributed by atoms with van der Waals surface area (Å²) < 4.78 is 60.9. The minimum Gasteiger partial charge on any atom is -0.450 e. The lowest BCUT2D eigenvalue weighted by molar-refractivity contribution is -0.212. The zero-order valence-electron chi connectivity index (χ0n) is 18.3. The first kappa shape index (κ1) is 25.7. The number of carbonyl (C=O) groups excluding carboxylic acids is 1. The highest BCUT2D eigenvalue weighted by Gasteiger charge is 2.35. The maximum absolute atomic E-state index is 15.3. The molecule has 0 saturated carbocycles. The molecule has 0 atom stereocenters. The Morgan fingerprint density at radius 2 is 1.89 bits per heavy atom. The van der Waals surface area contributed by atoms with Crippen molar-refractivity contribution in [1.82, 2.24) is 14.1 Å². The third kappa shape index (κ3) is 5.14. The van der Waals surface area contributed by atoms with Gasteiger partial charge in [-0.05, 0) is 30.2 Å². The van der Waals surface area contributed by atoms with Crippen molar-refractivity contribution in [2.75, 3.05) is 0 Å². The fraction of sp³-hybridized carbons (Fsp3) is 0.238. The van der Waals surface area contributed by atoms with Crippen molar-refractivity contribution < 1.29 is 36.9 Å². The van der Waals surface area contributed by atoms with Crippen LogP contribution in [0.15, 0.2) is 40.1 Å². The van der Waals surface area contributed by atoms with E-state index in [4.69, 9.17) is 21.2 Å². The molecule has 3 rings (SSSR count). The molecule has 2 heterocycles. The number of alkyl halides is 3. The minimum absolute atomic E-state index is 0.0336. The average Bonchev–Trinajstić information content (AvgIpc) is 2.78. The minimum atomic E-state index is -5.01. The molecule has 3 aromatic rings. The number of hydrogen-bond donors (Lipinski definition) is 0. The fourth-order valence-electron chi connectivity index (χ4n) is 3.01. The van der Waals surface area contributed by atoms with Crippen molar-refractivity contribution in [1.29, 1.82) is 0 Å². The summed E-state index contributed by atoms with van der Waals surface area (Å²) in [7, 11) is 0.780. The quantitative estimate of drug-likeness (QED) is 0.277. The second kappa shape index (κ2) is 9.78. The van der Waals surface area contributed by atoms with E-state index < -0.39 is 45.6 Å². The molecule has 0 fully saturated rings. The zero-order valence-corrected chi connectivity index (χ0v) is 19.0. The van der Waals surface area contributed by atoms with Crippen LogP contribution in [0.25, 0.3) is 5.69 Å². The molecule has 186 valence electrons. The summed E-state index contributed by atoms with van der Waals surface area (Å²) in [6.45, 7) is 2.62. The molecule has 0 aliphatic rings. The van der Waals surface area contributed by atoms with Gasteiger partial charge in [0.25, 0.3) is 5.56 Å². The molecule has 0 bridgehead atoms. The third-order valence-electron chi connectivity index (χ3n) is 4.63. The molecule has 0 aliphatic heterocycles. The molecule has 1 aromatic carbocycles. The van der Waals surface area contributed by atoms with E-state index in [1.54, 1.807) is 6.92 Å². The molecule has 2 aromatic heterocycles. The van der Waals surface area contributed by atoms with Gasteiger partial charge < -0.3 is 4.74 Å². The van der Waals surface area contributed by atoms with Gasteiger partial charge in [0.15, 0.2) is 11.6 Å². The zero-order chi connectivity index (χ0) is 26.1. The monoisotopic (exact) mass is 517 g/mol. The number of hydrogen-bond acceptors (Lipinski definition) is 7. The maximum Gasteiger partial charge on any atom is 0.431 e. The highest BCUT2D eigenvalue weighted by Crippen LogP contribution is 2.39. The lowest BCUT2D eigenvalue weighted by Crippen LogP contribution is -2.41. The van der Waals surface area contributed by atoms with Crippen LogP contribution in [-0.2, 0) is 29.3 Å². The predicted octanol–water partition coefficient (Wildman–Crippen LogP) is 3.95. The number of ether oxygens (including phenoxy) is 1. The van der Waals surface area contributed by atoms with Crippen molar-refractivity contribution in [2.45, 2.75) is 26.4 Å². The number of benzene rings is 1. The molecule has 0 N–H and O–H groups in total. The Hall–Kier alpha value is -3.87. The molecule has 0 saturated heterocycles. The van der Waals surface area contributed by atoms with Gasteiger partial charge in [-0.3, -0.25) is 14.2 Å². The molecule has 0 unspecified atom stereocenters. The summed E-state index contributed by atoms with van der Waals surface area (Å²) in [4.78, 5) is 49.3. The van der Waals surface area contributed by atoms with Gasteiger partial charge in [-0.1, -0.05) is 18.5 Å². The first-order valence-electron chi connectivity index (χ1n) is 9.76. The Labute approximate surface area is 199 Å². The predicted molar refractivity (Wildman–Crippen MR) is 113 cm³/mol. The summed E-state index contributed by atoms with van der Waals surface area (Å²) in [6.07, 6.45) is -3.69. The van der Waals surface area contributed by atoms with Gasteiger partial charge in [-0.25, -0.2) is 28.4 Å². The summed E-state index contributed by atoms with van der Waals surface area (Å²) in [5, 5.41) is -0.596. The second-order valence-electron chi connectivity index (χ2n) is 6.97. The summed E-state index contributed by atoms with van der Waals surface area (Å²) in [6, 6.07) is 4.08. The van der Waals surface area contributed by atoms with E-state index in [9.17, 15) is 27.6 Å². The number of carbonyl (C=O) groups is 1. The lowest BCUT2D eigenvalue weighted by Gasteiger charge is -2.18.